The topological polar surface area (TPSA) is 75.4 Å². The van der Waals surface area contributed by atoms with Crippen LogP contribution in [0.3, 0.4) is 0 Å². The molecule has 1 unspecified atom stereocenters. The summed E-state index contributed by atoms with van der Waals surface area (Å²) in [5.41, 5.74) is 5.25. The molecule has 4 nitrogen and oxygen atoms in total. The molecule has 0 bridgehead atoms. The van der Waals surface area contributed by atoms with E-state index in [9.17, 15) is 9.90 Å². The van der Waals surface area contributed by atoms with Gasteiger partial charge in [0.15, 0.2) is 0 Å². The summed E-state index contributed by atoms with van der Waals surface area (Å²) in [6, 6.07) is 0. The van der Waals surface area contributed by atoms with Gasteiger partial charge in [-0.2, -0.15) is 0 Å². The Labute approximate surface area is 110 Å². The molecule has 0 spiro atoms. The van der Waals surface area contributed by atoms with Crippen molar-refractivity contribution in [3.8, 4) is 0 Å². The zero-order chi connectivity index (χ0) is 13.6. The quantitative estimate of drug-likeness (QED) is 0.673. The monoisotopic (exact) mass is 256 g/mol. The predicted octanol–water partition coefficient (Wildman–Crippen LogP) is 1.42. The van der Waals surface area contributed by atoms with Crippen LogP contribution in [0.15, 0.2) is 0 Å². The first-order valence-electron chi connectivity index (χ1n) is 7.20. The summed E-state index contributed by atoms with van der Waals surface area (Å²) >= 11 is 0. The average molecular weight is 256 g/mol. The van der Waals surface area contributed by atoms with Crippen molar-refractivity contribution >= 4 is 5.91 Å². The van der Waals surface area contributed by atoms with E-state index in [1.54, 1.807) is 0 Å². The number of carbonyl (C=O) groups is 1. The van der Waals surface area contributed by atoms with Crippen LogP contribution >= 0.6 is 0 Å². The van der Waals surface area contributed by atoms with E-state index in [1.165, 1.54) is 0 Å². The molecule has 1 aliphatic carbocycles. The summed E-state index contributed by atoms with van der Waals surface area (Å²) < 4.78 is 0. The van der Waals surface area contributed by atoms with Crippen LogP contribution in [-0.2, 0) is 4.79 Å². The summed E-state index contributed by atoms with van der Waals surface area (Å²) in [5.74, 6) is 0.600. The number of carbonyl (C=O) groups excluding carboxylic acids is 1. The van der Waals surface area contributed by atoms with Crippen LogP contribution in [0.2, 0.25) is 0 Å². The molecular weight excluding hydrogens is 228 g/mol. The van der Waals surface area contributed by atoms with Gasteiger partial charge in [-0.3, -0.25) is 4.79 Å². The van der Waals surface area contributed by atoms with Crippen LogP contribution < -0.4 is 11.1 Å². The standard InChI is InChI=1S/C14H28N2O2/c1-3-4-12(9-15)13(18)16-14(10-17)7-5-11(2)6-8-14/h11-12,17H,3-10,15H2,1-2H3,(H,16,18). The smallest absolute Gasteiger partial charge is 0.224 e. The summed E-state index contributed by atoms with van der Waals surface area (Å²) in [7, 11) is 0. The van der Waals surface area contributed by atoms with Gasteiger partial charge in [-0.25, -0.2) is 0 Å². The van der Waals surface area contributed by atoms with Gasteiger partial charge in [0.25, 0.3) is 0 Å². The Morgan fingerprint density at radius 1 is 1.50 bits per heavy atom. The number of amides is 1. The van der Waals surface area contributed by atoms with Crippen LogP contribution in [0.5, 0.6) is 0 Å². The highest BCUT2D eigenvalue weighted by molar-refractivity contribution is 5.79. The van der Waals surface area contributed by atoms with E-state index in [1.807, 2.05) is 0 Å². The summed E-state index contributed by atoms with van der Waals surface area (Å²) in [5, 5.41) is 12.7. The zero-order valence-electron chi connectivity index (χ0n) is 11.7. The molecule has 1 saturated carbocycles. The molecular formula is C14H28N2O2. The van der Waals surface area contributed by atoms with E-state index >= 15 is 0 Å². The van der Waals surface area contributed by atoms with Crippen LogP contribution in [-0.4, -0.2) is 29.7 Å². The molecule has 0 aromatic rings. The first-order chi connectivity index (χ1) is 8.56. The van der Waals surface area contributed by atoms with Gasteiger partial charge in [0.1, 0.15) is 0 Å². The molecule has 1 aliphatic rings. The fourth-order valence-electron chi connectivity index (χ4n) is 2.71. The third-order valence-electron chi connectivity index (χ3n) is 4.21. The van der Waals surface area contributed by atoms with Crippen molar-refractivity contribution in [1.82, 2.24) is 5.32 Å². The van der Waals surface area contributed by atoms with E-state index in [4.69, 9.17) is 5.73 Å². The molecule has 18 heavy (non-hydrogen) atoms. The number of aliphatic hydroxyl groups excluding tert-OH is 1. The van der Waals surface area contributed by atoms with Gasteiger partial charge in [0, 0.05) is 6.54 Å². The lowest BCUT2D eigenvalue weighted by atomic mass is 9.77. The zero-order valence-corrected chi connectivity index (χ0v) is 11.7. The fraction of sp³-hybridized carbons (Fsp3) is 0.929. The molecule has 4 N–H and O–H groups in total. The van der Waals surface area contributed by atoms with E-state index in [2.05, 4.69) is 19.2 Å². The Bertz CT molecular complexity index is 261. The molecule has 0 aromatic carbocycles. The first-order valence-corrected chi connectivity index (χ1v) is 7.20. The van der Waals surface area contributed by atoms with Crippen molar-refractivity contribution in [2.75, 3.05) is 13.2 Å². The maximum atomic E-state index is 12.2. The summed E-state index contributed by atoms with van der Waals surface area (Å²) in [4.78, 5) is 12.2. The van der Waals surface area contributed by atoms with E-state index < -0.39 is 5.54 Å². The maximum absolute atomic E-state index is 12.2. The van der Waals surface area contributed by atoms with Crippen LogP contribution in [0.4, 0.5) is 0 Å². The lowest BCUT2D eigenvalue weighted by Gasteiger charge is -2.39. The molecule has 0 heterocycles. The van der Waals surface area contributed by atoms with Gasteiger partial charge < -0.3 is 16.2 Å². The fourth-order valence-corrected chi connectivity index (χ4v) is 2.71. The van der Waals surface area contributed by atoms with Crippen molar-refractivity contribution in [1.29, 1.82) is 0 Å². The second kappa shape index (κ2) is 7.10. The lowest BCUT2D eigenvalue weighted by molar-refractivity contribution is -0.128. The minimum Gasteiger partial charge on any atom is -0.394 e. The van der Waals surface area contributed by atoms with Crippen molar-refractivity contribution in [3.05, 3.63) is 0 Å². The van der Waals surface area contributed by atoms with E-state index in [0.29, 0.717) is 12.5 Å². The van der Waals surface area contributed by atoms with Crippen molar-refractivity contribution in [2.24, 2.45) is 17.6 Å². The minimum absolute atomic E-state index is 0.0166. The Morgan fingerprint density at radius 3 is 2.56 bits per heavy atom. The molecule has 1 rings (SSSR count). The van der Waals surface area contributed by atoms with Crippen LogP contribution in [0.1, 0.15) is 52.4 Å². The molecule has 0 aliphatic heterocycles. The second-order valence-electron chi connectivity index (χ2n) is 5.83. The predicted molar refractivity (Wildman–Crippen MR) is 73.0 cm³/mol. The second-order valence-corrected chi connectivity index (χ2v) is 5.83. The molecule has 4 heteroatoms. The summed E-state index contributed by atoms with van der Waals surface area (Å²) in [6.45, 7) is 4.70. The van der Waals surface area contributed by atoms with Gasteiger partial charge in [-0.05, 0) is 38.0 Å². The highest BCUT2D eigenvalue weighted by Crippen LogP contribution is 2.31. The number of rotatable bonds is 6. The van der Waals surface area contributed by atoms with Crippen LogP contribution in [0, 0.1) is 11.8 Å². The van der Waals surface area contributed by atoms with Gasteiger partial charge >= 0.3 is 0 Å². The van der Waals surface area contributed by atoms with Gasteiger partial charge in [-0.15, -0.1) is 0 Å². The maximum Gasteiger partial charge on any atom is 0.224 e. The number of hydrogen-bond acceptors (Lipinski definition) is 3. The van der Waals surface area contributed by atoms with Crippen molar-refractivity contribution in [3.63, 3.8) is 0 Å². The Morgan fingerprint density at radius 2 is 2.11 bits per heavy atom. The largest absolute Gasteiger partial charge is 0.394 e. The highest BCUT2D eigenvalue weighted by Gasteiger charge is 2.36. The molecule has 0 saturated heterocycles. The molecule has 0 radical (unpaired) electrons. The highest BCUT2D eigenvalue weighted by atomic mass is 16.3. The normalized spacial score (nSPS) is 29.9. The average Bonchev–Trinajstić information content (AvgIpc) is 2.38. The number of aliphatic hydroxyl groups is 1. The molecule has 0 aromatic heterocycles. The molecule has 1 atom stereocenters. The van der Waals surface area contributed by atoms with Crippen molar-refractivity contribution < 1.29 is 9.90 Å². The van der Waals surface area contributed by atoms with Gasteiger partial charge in [0.2, 0.25) is 5.91 Å². The SMILES string of the molecule is CCCC(CN)C(=O)NC1(CO)CCC(C)CC1. The number of nitrogens with two attached hydrogens (primary N) is 1. The molecule has 1 amide bonds. The number of nitrogens with one attached hydrogen (secondary N) is 1. The van der Waals surface area contributed by atoms with E-state index in [0.717, 1.165) is 38.5 Å². The lowest BCUT2D eigenvalue weighted by Crippen LogP contribution is -2.55. The first kappa shape index (κ1) is 15.4. The third-order valence-corrected chi connectivity index (χ3v) is 4.21. The minimum atomic E-state index is -0.398. The summed E-state index contributed by atoms with van der Waals surface area (Å²) in [6.07, 6.45) is 5.67. The third kappa shape index (κ3) is 3.95. The Balaban J connectivity index is 2.59. The Hall–Kier alpha value is -0.610. The molecule has 106 valence electrons. The van der Waals surface area contributed by atoms with Gasteiger partial charge in [0.05, 0.1) is 18.1 Å². The Kier molecular flexibility index (Phi) is 6.09. The van der Waals surface area contributed by atoms with Gasteiger partial charge in [-0.1, -0.05) is 20.3 Å². The van der Waals surface area contributed by atoms with Crippen molar-refractivity contribution in [2.45, 2.75) is 57.9 Å². The molecule has 1 fully saturated rings. The number of hydrogen-bond donors (Lipinski definition) is 3. The van der Waals surface area contributed by atoms with Crippen LogP contribution in [0.25, 0.3) is 0 Å². The van der Waals surface area contributed by atoms with E-state index in [-0.39, 0.29) is 18.4 Å².